The van der Waals surface area contributed by atoms with Crippen molar-refractivity contribution in [2.75, 3.05) is 6.54 Å². The number of hydrogen-bond acceptors (Lipinski definition) is 2. The van der Waals surface area contributed by atoms with Gasteiger partial charge in [0.2, 0.25) is 0 Å². The topological polar surface area (TPSA) is 40.5 Å². The highest BCUT2D eigenvalue weighted by Crippen LogP contribution is 2.37. The fourth-order valence-corrected chi connectivity index (χ4v) is 3.76. The predicted octanol–water partition coefficient (Wildman–Crippen LogP) is 4.68. The van der Waals surface area contributed by atoms with Crippen molar-refractivity contribution in [3.63, 3.8) is 0 Å². The molecule has 0 aromatic heterocycles. The molecule has 1 aliphatic heterocycles. The van der Waals surface area contributed by atoms with E-state index < -0.39 is 12.0 Å². The lowest BCUT2D eigenvalue weighted by molar-refractivity contribution is -0.145. The molecule has 2 unspecified atom stereocenters. The Morgan fingerprint density at radius 2 is 1.88 bits per heavy atom. The van der Waals surface area contributed by atoms with Crippen LogP contribution in [0.15, 0.2) is 48.5 Å². The van der Waals surface area contributed by atoms with Crippen LogP contribution in [0.5, 0.6) is 0 Å². The molecule has 1 heterocycles. The normalized spacial score (nSPS) is 19.8. The lowest BCUT2D eigenvalue weighted by Crippen LogP contribution is -2.46. The molecule has 1 aliphatic rings. The average Bonchev–Trinajstić information content (AvgIpc) is 2.59. The first-order valence-electron chi connectivity index (χ1n) is 8.37. The quantitative estimate of drug-likeness (QED) is 0.876. The Bertz CT molecular complexity index is 714. The van der Waals surface area contributed by atoms with Crippen LogP contribution < -0.4 is 0 Å². The van der Waals surface area contributed by atoms with Crippen molar-refractivity contribution >= 4 is 17.6 Å². The van der Waals surface area contributed by atoms with Crippen molar-refractivity contribution in [2.45, 2.75) is 38.3 Å². The summed E-state index contributed by atoms with van der Waals surface area (Å²) in [5.41, 5.74) is 3.24. The van der Waals surface area contributed by atoms with Gasteiger partial charge in [-0.15, -0.1) is 0 Å². The zero-order valence-corrected chi connectivity index (χ0v) is 14.5. The molecule has 0 radical (unpaired) electrons. The Hall–Kier alpha value is -1.84. The summed E-state index contributed by atoms with van der Waals surface area (Å²) in [5, 5.41) is 10.4. The van der Waals surface area contributed by atoms with E-state index in [1.54, 1.807) is 0 Å². The number of carboxylic acids is 1. The van der Waals surface area contributed by atoms with E-state index in [0.29, 0.717) is 11.4 Å². The number of carboxylic acid groups (broad SMARTS) is 1. The molecular weight excluding hydrogens is 322 g/mol. The van der Waals surface area contributed by atoms with Crippen LogP contribution in [-0.4, -0.2) is 28.6 Å². The highest BCUT2D eigenvalue weighted by Gasteiger charge is 2.35. The van der Waals surface area contributed by atoms with Gasteiger partial charge in [-0.3, -0.25) is 9.69 Å². The zero-order valence-electron chi connectivity index (χ0n) is 13.8. The second-order valence-electron chi connectivity index (χ2n) is 6.42. The summed E-state index contributed by atoms with van der Waals surface area (Å²) in [6.45, 7) is 2.82. The number of carbonyl (C=O) groups is 1. The van der Waals surface area contributed by atoms with E-state index >= 15 is 0 Å². The Kier molecular flexibility index (Phi) is 5.22. The summed E-state index contributed by atoms with van der Waals surface area (Å²) in [6, 6.07) is 15.4. The molecule has 126 valence electrons. The maximum absolute atomic E-state index is 11.8. The molecule has 2 atom stereocenters. The number of hydrogen-bond donors (Lipinski definition) is 1. The van der Waals surface area contributed by atoms with Gasteiger partial charge in [0.05, 0.1) is 6.04 Å². The van der Waals surface area contributed by atoms with Crippen LogP contribution in [0.3, 0.4) is 0 Å². The molecule has 1 N–H and O–H groups in total. The monoisotopic (exact) mass is 343 g/mol. The summed E-state index contributed by atoms with van der Waals surface area (Å²) in [5.74, 6) is -0.751. The molecule has 3 nitrogen and oxygen atoms in total. The summed E-state index contributed by atoms with van der Waals surface area (Å²) < 4.78 is 0. The van der Waals surface area contributed by atoms with Gasteiger partial charge in [0.1, 0.15) is 6.04 Å². The van der Waals surface area contributed by atoms with Crippen LogP contribution in [-0.2, 0) is 4.79 Å². The first-order chi connectivity index (χ1) is 11.6. The Labute approximate surface area is 147 Å². The SMILES string of the molecule is Cc1ccc(C(c2ccccc2Cl)N2CCCCC2C(=O)O)cc1. The van der Waals surface area contributed by atoms with Gasteiger partial charge in [-0.25, -0.2) is 0 Å². The molecule has 1 saturated heterocycles. The molecule has 4 heteroatoms. The standard InChI is InChI=1S/C20H22ClNO2/c1-14-9-11-15(12-10-14)19(16-6-2-3-7-17(16)21)22-13-5-4-8-18(22)20(23)24/h2-3,6-7,9-12,18-19H,4-5,8,13H2,1H3,(H,23,24). The number of aryl methyl sites for hydroxylation is 1. The summed E-state index contributed by atoms with van der Waals surface area (Å²) in [7, 11) is 0. The number of rotatable bonds is 4. The summed E-state index contributed by atoms with van der Waals surface area (Å²) >= 11 is 6.47. The number of piperidine rings is 1. The summed E-state index contributed by atoms with van der Waals surface area (Å²) in [4.78, 5) is 13.9. The van der Waals surface area contributed by atoms with Crippen molar-refractivity contribution < 1.29 is 9.90 Å². The van der Waals surface area contributed by atoms with Crippen LogP contribution in [0.1, 0.15) is 42.0 Å². The lowest BCUT2D eigenvalue weighted by Gasteiger charge is -2.40. The van der Waals surface area contributed by atoms with Gasteiger partial charge in [-0.1, -0.05) is 66.0 Å². The molecule has 1 fully saturated rings. The molecule has 0 spiro atoms. The van der Waals surface area contributed by atoms with E-state index in [1.165, 1.54) is 5.56 Å². The second kappa shape index (κ2) is 7.37. The van der Waals surface area contributed by atoms with Gasteiger partial charge in [-0.05, 0) is 43.5 Å². The van der Waals surface area contributed by atoms with Gasteiger partial charge < -0.3 is 5.11 Å². The smallest absolute Gasteiger partial charge is 0.320 e. The van der Waals surface area contributed by atoms with Crippen LogP contribution in [0.2, 0.25) is 5.02 Å². The molecule has 2 aromatic rings. The third-order valence-corrected chi connectivity index (χ3v) is 5.10. The summed E-state index contributed by atoms with van der Waals surface area (Å²) in [6.07, 6.45) is 2.65. The van der Waals surface area contributed by atoms with Crippen molar-refractivity contribution in [1.29, 1.82) is 0 Å². The minimum Gasteiger partial charge on any atom is -0.480 e. The van der Waals surface area contributed by atoms with Crippen LogP contribution >= 0.6 is 11.6 Å². The van der Waals surface area contributed by atoms with Gasteiger partial charge in [0.15, 0.2) is 0 Å². The minimum absolute atomic E-state index is 0.138. The van der Waals surface area contributed by atoms with Crippen molar-refractivity contribution in [3.8, 4) is 0 Å². The number of nitrogens with zero attached hydrogens (tertiary/aromatic N) is 1. The number of benzene rings is 2. The van der Waals surface area contributed by atoms with Gasteiger partial charge in [0.25, 0.3) is 0 Å². The molecule has 24 heavy (non-hydrogen) atoms. The first kappa shape index (κ1) is 17.0. The highest BCUT2D eigenvalue weighted by molar-refractivity contribution is 6.31. The number of aliphatic carboxylic acids is 1. The second-order valence-corrected chi connectivity index (χ2v) is 6.83. The fraction of sp³-hybridized carbons (Fsp3) is 0.350. The maximum Gasteiger partial charge on any atom is 0.320 e. The van der Waals surface area contributed by atoms with Crippen LogP contribution in [0.4, 0.5) is 0 Å². The maximum atomic E-state index is 11.8. The molecule has 0 bridgehead atoms. The molecule has 2 aromatic carbocycles. The van der Waals surface area contributed by atoms with E-state index in [4.69, 9.17) is 11.6 Å². The first-order valence-corrected chi connectivity index (χ1v) is 8.75. The van der Waals surface area contributed by atoms with E-state index in [1.807, 2.05) is 24.3 Å². The third kappa shape index (κ3) is 3.47. The molecule has 0 amide bonds. The fourth-order valence-electron chi connectivity index (χ4n) is 3.52. The zero-order chi connectivity index (χ0) is 17.1. The predicted molar refractivity (Wildman–Crippen MR) is 96.5 cm³/mol. The third-order valence-electron chi connectivity index (χ3n) is 4.75. The van der Waals surface area contributed by atoms with E-state index in [-0.39, 0.29) is 6.04 Å². The number of likely N-dealkylation sites (tertiary alicyclic amines) is 1. The van der Waals surface area contributed by atoms with Crippen molar-refractivity contribution in [3.05, 3.63) is 70.2 Å². The Balaban J connectivity index is 2.09. The van der Waals surface area contributed by atoms with E-state index in [0.717, 1.165) is 30.5 Å². The largest absolute Gasteiger partial charge is 0.480 e. The van der Waals surface area contributed by atoms with Gasteiger partial charge in [-0.2, -0.15) is 0 Å². The van der Waals surface area contributed by atoms with Gasteiger partial charge >= 0.3 is 5.97 Å². The molecule has 0 saturated carbocycles. The number of halogens is 1. The van der Waals surface area contributed by atoms with Crippen LogP contribution in [0.25, 0.3) is 0 Å². The van der Waals surface area contributed by atoms with E-state index in [2.05, 4.69) is 36.1 Å². The molecular formula is C20H22ClNO2. The average molecular weight is 344 g/mol. The highest BCUT2D eigenvalue weighted by atomic mass is 35.5. The van der Waals surface area contributed by atoms with Crippen LogP contribution in [0, 0.1) is 6.92 Å². The Morgan fingerprint density at radius 3 is 2.54 bits per heavy atom. The Morgan fingerprint density at radius 1 is 1.17 bits per heavy atom. The molecule has 0 aliphatic carbocycles. The van der Waals surface area contributed by atoms with E-state index in [9.17, 15) is 9.90 Å². The lowest BCUT2D eigenvalue weighted by atomic mass is 9.91. The van der Waals surface area contributed by atoms with Crippen molar-refractivity contribution in [2.24, 2.45) is 0 Å². The molecule has 3 rings (SSSR count). The van der Waals surface area contributed by atoms with Gasteiger partial charge in [0, 0.05) is 5.02 Å². The minimum atomic E-state index is -0.751. The van der Waals surface area contributed by atoms with Crippen molar-refractivity contribution in [1.82, 2.24) is 4.90 Å².